The van der Waals surface area contributed by atoms with E-state index in [1.807, 2.05) is 0 Å². The number of rotatable bonds is 0. The van der Waals surface area contributed by atoms with Gasteiger partial charge in [0, 0.05) is 18.8 Å². The third-order valence-electron chi connectivity index (χ3n) is 1.76. The van der Waals surface area contributed by atoms with Gasteiger partial charge in [0.25, 0.3) is 5.54 Å². The van der Waals surface area contributed by atoms with E-state index in [1.165, 1.54) is 0 Å². The molecule has 0 aliphatic carbocycles. The summed E-state index contributed by atoms with van der Waals surface area (Å²) in [7, 11) is 0. The van der Waals surface area contributed by atoms with Crippen molar-refractivity contribution in [2.24, 2.45) is 0 Å². The van der Waals surface area contributed by atoms with Crippen molar-refractivity contribution >= 4 is 6.34 Å². The molecule has 4 heteroatoms. The van der Waals surface area contributed by atoms with Gasteiger partial charge in [0.2, 0.25) is 0 Å². The van der Waals surface area contributed by atoms with Crippen molar-refractivity contribution in [3.63, 3.8) is 0 Å². The smallest absolute Gasteiger partial charge is 0.284 e. The second-order valence-corrected chi connectivity index (χ2v) is 2.79. The summed E-state index contributed by atoms with van der Waals surface area (Å²) >= 11 is 0. The van der Waals surface area contributed by atoms with Gasteiger partial charge in [-0.1, -0.05) is 0 Å². The largest absolute Gasteiger partial charge is 0.502 e. The van der Waals surface area contributed by atoms with Crippen molar-refractivity contribution in [3.05, 3.63) is 17.2 Å². The minimum atomic E-state index is -0.665. The van der Waals surface area contributed by atoms with Crippen molar-refractivity contribution < 1.29 is 14.7 Å². The van der Waals surface area contributed by atoms with E-state index in [2.05, 4.69) is 6.58 Å². The Morgan fingerprint density at radius 3 is 2.30 bits per heavy atom. The van der Waals surface area contributed by atoms with Gasteiger partial charge in [0.15, 0.2) is 0 Å². The maximum atomic E-state index is 10.8. The van der Waals surface area contributed by atoms with Crippen LogP contribution in [0.3, 0.4) is 0 Å². The zero-order valence-corrected chi connectivity index (χ0v) is 6.03. The second-order valence-electron chi connectivity index (χ2n) is 2.79. The summed E-state index contributed by atoms with van der Waals surface area (Å²) in [5.74, 6) is 0. The van der Waals surface area contributed by atoms with E-state index in [0.717, 1.165) is 11.1 Å². The van der Waals surface area contributed by atoms with Gasteiger partial charge in [0.1, 0.15) is 4.76 Å². The fraction of sp³-hybridized carbons (Fsp3) is 0.500. The van der Waals surface area contributed by atoms with Crippen LogP contribution >= 0.6 is 0 Å². The molecule has 54 valence electrons. The van der Waals surface area contributed by atoms with Crippen LogP contribution in [0.1, 0.15) is 13.8 Å². The second kappa shape index (κ2) is 1.65. The molecule has 0 fully saturated rings. The van der Waals surface area contributed by atoms with Crippen molar-refractivity contribution in [2.75, 3.05) is 0 Å². The van der Waals surface area contributed by atoms with Crippen LogP contribution in [0.4, 0.5) is 0 Å². The Kier molecular flexibility index (Phi) is 1.14. The first-order chi connectivity index (χ1) is 4.46. The zero-order chi connectivity index (χ0) is 7.94. The first-order valence-electron chi connectivity index (χ1n) is 2.95. The number of nitrogens with zero attached hydrogens (tertiary/aromatic N) is 2. The van der Waals surface area contributed by atoms with Crippen LogP contribution in [0.25, 0.3) is 0 Å². The fourth-order valence-corrected chi connectivity index (χ4v) is 0.715. The van der Waals surface area contributed by atoms with Gasteiger partial charge >= 0.3 is 12.0 Å². The lowest BCUT2D eigenvalue weighted by Gasteiger charge is -2.01. The molecule has 0 saturated carbocycles. The third-order valence-corrected chi connectivity index (χ3v) is 1.76. The van der Waals surface area contributed by atoms with Crippen molar-refractivity contribution in [3.8, 4) is 0 Å². The van der Waals surface area contributed by atoms with E-state index in [1.54, 1.807) is 13.8 Å². The summed E-state index contributed by atoms with van der Waals surface area (Å²) in [6.07, 6.45) is 1.06. The molecule has 1 aliphatic heterocycles. The highest BCUT2D eigenvalue weighted by molar-refractivity contribution is 5.42. The van der Waals surface area contributed by atoms with E-state index < -0.39 is 5.54 Å². The topological polar surface area (TPSA) is 43.3 Å². The van der Waals surface area contributed by atoms with Crippen LogP contribution in [0.15, 0.2) is 12.3 Å². The number of hydrogen-bond acceptors (Lipinski definition) is 2. The van der Waals surface area contributed by atoms with Gasteiger partial charge in [-0.25, -0.2) is 0 Å². The molecule has 0 aromatic rings. The molecule has 0 aromatic carbocycles. The van der Waals surface area contributed by atoms with E-state index in [0.29, 0.717) is 10.5 Å². The summed E-state index contributed by atoms with van der Waals surface area (Å²) in [6, 6.07) is 0. The number of hydrogen-bond donors (Lipinski definition) is 1. The molecule has 1 aliphatic rings. The molecule has 0 saturated heterocycles. The first kappa shape index (κ1) is 6.92. The van der Waals surface area contributed by atoms with Gasteiger partial charge in [-0.05, 0) is 6.58 Å². The van der Waals surface area contributed by atoms with E-state index in [-0.39, 0.29) is 0 Å². The van der Waals surface area contributed by atoms with Gasteiger partial charge in [-0.2, -0.15) is 0 Å². The molecular weight excluding hydrogens is 132 g/mol. The number of nitroso groups, excluding NO2 is 1. The monoisotopic (exact) mass is 142 g/mol. The Labute approximate surface area is 58.6 Å². The van der Waals surface area contributed by atoms with Crippen LogP contribution in [-0.2, 0) is 0 Å². The van der Waals surface area contributed by atoms with E-state index in [4.69, 9.17) is 5.21 Å². The summed E-state index contributed by atoms with van der Waals surface area (Å²) in [5, 5.41) is 9.07. The van der Waals surface area contributed by atoms with Crippen molar-refractivity contribution in [1.82, 2.24) is 0 Å². The molecule has 0 radical (unpaired) electrons. The predicted molar refractivity (Wildman–Crippen MR) is 35.0 cm³/mol. The van der Waals surface area contributed by atoms with Gasteiger partial charge in [-0.3, -0.25) is 5.21 Å². The summed E-state index contributed by atoms with van der Waals surface area (Å²) in [5.41, 5.74) is -0.322. The maximum absolute atomic E-state index is 10.8. The lowest BCUT2D eigenvalue weighted by molar-refractivity contribution is -0.810. The Hall–Kier alpha value is -1.19. The third kappa shape index (κ3) is 0.650. The van der Waals surface area contributed by atoms with Crippen LogP contribution in [-0.4, -0.2) is 26.6 Å². The van der Waals surface area contributed by atoms with Crippen molar-refractivity contribution in [2.45, 2.75) is 19.4 Å². The average Bonchev–Trinajstić information content (AvgIpc) is 1.97. The lowest BCUT2D eigenvalue weighted by atomic mass is 10.0. The lowest BCUT2D eigenvalue weighted by Crippen LogP contribution is -2.31. The number of hydroxylamine groups is 1. The van der Waals surface area contributed by atoms with Crippen LogP contribution < -0.4 is 0 Å². The Morgan fingerprint density at radius 1 is 1.70 bits per heavy atom. The normalized spacial score (nSPS) is 23.2. The van der Waals surface area contributed by atoms with E-state index >= 15 is 0 Å². The molecule has 0 atom stereocenters. The quantitative estimate of drug-likeness (QED) is 0.395. The standard InChI is InChI=1S/C6H10N2O2/c1-5-6(2,3)8(10)4-7(5)9/h4,10H,1H2,2-3H3/q+2. The highest BCUT2D eigenvalue weighted by Crippen LogP contribution is 2.21. The van der Waals surface area contributed by atoms with Gasteiger partial charge in [-0.15, -0.1) is 0 Å². The van der Waals surface area contributed by atoms with Crippen LogP contribution in [0.5, 0.6) is 0 Å². The minimum Gasteiger partial charge on any atom is -0.284 e. The Bertz CT molecular complexity index is 240. The SMILES string of the molecule is C=C1[N+](=O)C=[N+](O)C1(C)C. The summed E-state index contributed by atoms with van der Waals surface area (Å²) < 4.78 is 1.41. The molecule has 1 rings (SSSR count). The molecule has 0 spiro atoms. The molecule has 1 N–H and O–H groups in total. The fourth-order valence-electron chi connectivity index (χ4n) is 0.715. The first-order valence-corrected chi connectivity index (χ1v) is 2.95. The predicted octanol–water partition coefficient (Wildman–Crippen LogP) is 0.501. The zero-order valence-electron chi connectivity index (χ0n) is 6.03. The molecule has 1 heterocycles. The molecule has 0 unspecified atom stereocenters. The molecular formula is C6H10N2O2+2. The minimum absolute atomic E-state index is 0.343. The summed E-state index contributed by atoms with van der Waals surface area (Å²) in [6.45, 7) is 6.94. The Morgan fingerprint density at radius 2 is 2.20 bits per heavy atom. The Balaban J connectivity index is 3.12. The summed E-state index contributed by atoms with van der Waals surface area (Å²) in [4.78, 5) is 10.8. The highest BCUT2D eigenvalue weighted by Gasteiger charge is 2.53. The van der Waals surface area contributed by atoms with Crippen LogP contribution in [0, 0.1) is 4.91 Å². The molecule has 4 nitrogen and oxygen atoms in total. The molecule has 0 bridgehead atoms. The van der Waals surface area contributed by atoms with Gasteiger partial charge in [0.05, 0.1) is 4.74 Å². The highest BCUT2D eigenvalue weighted by atomic mass is 16.5. The molecule has 0 aromatic heterocycles. The molecule has 0 amide bonds. The molecule has 10 heavy (non-hydrogen) atoms. The van der Waals surface area contributed by atoms with Gasteiger partial charge < -0.3 is 0 Å². The van der Waals surface area contributed by atoms with Crippen molar-refractivity contribution in [1.29, 1.82) is 0 Å². The van der Waals surface area contributed by atoms with Crippen LogP contribution in [0.2, 0.25) is 0 Å². The van der Waals surface area contributed by atoms with E-state index in [9.17, 15) is 4.91 Å². The average molecular weight is 142 g/mol. The maximum Gasteiger partial charge on any atom is 0.502 e.